The van der Waals surface area contributed by atoms with Gasteiger partial charge in [-0.3, -0.25) is 5.10 Å². The highest BCUT2D eigenvalue weighted by molar-refractivity contribution is 6.09. The molecule has 0 fully saturated rings. The van der Waals surface area contributed by atoms with E-state index in [0.717, 1.165) is 33.8 Å². The van der Waals surface area contributed by atoms with Gasteiger partial charge in [-0.05, 0) is 41.0 Å². The first-order chi connectivity index (χ1) is 20.8. The first-order valence-electron chi connectivity index (χ1n) is 14.1. The SMILES string of the molecule is c1ccc(-c2ccc(-n3c4ccccc4c4ccccc43)c(-c3ccc(-c4nc(-c5ccccc5)n[nH]4)cc3)c2)cc1. The number of nitrogens with zero attached hydrogens (tertiary/aromatic N) is 3. The van der Waals surface area contributed by atoms with Crippen LogP contribution >= 0.6 is 0 Å². The molecule has 0 bridgehead atoms. The number of nitrogens with one attached hydrogen (secondary N) is 1. The number of hydrogen-bond acceptors (Lipinski definition) is 2. The van der Waals surface area contributed by atoms with Gasteiger partial charge in [0.1, 0.15) is 0 Å². The molecule has 8 rings (SSSR count). The third kappa shape index (κ3) is 4.09. The molecule has 4 nitrogen and oxygen atoms in total. The number of para-hydroxylation sites is 2. The average molecular weight is 539 g/mol. The molecule has 0 radical (unpaired) electrons. The maximum atomic E-state index is 4.76. The Kier molecular flexibility index (Phi) is 5.75. The number of aromatic nitrogens is 4. The van der Waals surface area contributed by atoms with Gasteiger partial charge in [-0.15, -0.1) is 0 Å². The van der Waals surface area contributed by atoms with E-state index in [1.807, 2.05) is 30.3 Å². The van der Waals surface area contributed by atoms with Crippen molar-refractivity contribution >= 4 is 21.8 Å². The molecule has 0 aliphatic rings. The molecule has 42 heavy (non-hydrogen) atoms. The van der Waals surface area contributed by atoms with Gasteiger partial charge in [0.05, 0.1) is 16.7 Å². The van der Waals surface area contributed by atoms with Gasteiger partial charge in [0.25, 0.3) is 0 Å². The number of rotatable bonds is 5. The Bertz CT molecular complexity index is 2120. The van der Waals surface area contributed by atoms with Gasteiger partial charge in [0, 0.05) is 27.5 Å². The zero-order valence-corrected chi connectivity index (χ0v) is 22.8. The normalized spacial score (nSPS) is 11.3. The summed E-state index contributed by atoms with van der Waals surface area (Å²) in [5, 5.41) is 10.1. The third-order valence-electron chi connectivity index (χ3n) is 7.91. The zero-order valence-electron chi connectivity index (χ0n) is 22.8. The highest BCUT2D eigenvalue weighted by atomic mass is 15.2. The van der Waals surface area contributed by atoms with E-state index < -0.39 is 0 Å². The van der Waals surface area contributed by atoms with Crippen LogP contribution in [-0.2, 0) is 0 Å². The maximum absolute atomic E-state index is 4.76. The van der Waals surface area contributed by atoms with Crippen LogP contribution in [-0.4, -0.2) is 19.7 Å². The summed E-state index contributed by atoms with van der Waals surface area (Å²) in [6, 6.07) is 53.3. The summed E-state index contributed by atoms with van der Waals surface area (Å²) < 4.78 is 2.39. The van der Waals surface area contributed by atoms with Crippen LogP contribution in [0.2, 0.25) is 0 Å². The predicted octanol–water partition coefficient (Wildman–Crippen LogP) is 9.57. The molecule has 0 spiro atoms. The van der Waals surface area contributed by atoms with Crippen molar-refractivity contribution in [2.75, 3.05) is 0 Å². The molecule has 4 heteroatoms. The predicted molar refractivity (Wildman–Crippen MR) is 172 cm³/mol. The summed E-state index contributed by atoms with van der Waals surface area (Å²) in [6.07, 6.45) is 0. The zero-order chi connectivity index (χ0) is 27.9. The molecule has 1 N–H and O–H groups in total. The lowest BCUT2D eigenvalue weighted by Crippen LogP contribution is -1.98. The summed E-state index contributed by atoms with van der Waals surface area (Å²) in [6.45, 7) is 0. The monoisotopic (exact) mass is 538 g/mol. The molecule has 2 aromatic heterocycles. The maximum Gasteiger partial charge on any atom is 0.181 e. The fourth-order valence-corrected chi connectivity index (χ4v) is 5.87. The standard InChI is InChI=1S/C38H26N4/c1-3-11-26(12-4-1)30-23-24-36(42-34-17-9-7-15-31(34)32-16-8-10-18-35(32)42)33(25-30)27-19-21-29(22-20-27)38-39-37(40-41-38)28-13-5-2-6-14-28/h1-25H,(H,39,40,41). The summed E-state index contributed by atoms with van der Waals surface area (Å²) in [4.78, 5) is 4.76. The smallest absolute Gasteiger partial charge is 0.181 e. The number of aromatic amines is 1. The lowest BCUT2D eigenvalue weighted by Gasteiger charge is -2.16. The fourth-order valence-electron chi connectivity index (χ4n) is 5.87. The van der Waals surface area contributed by atoms with Crippen LogP contribution in [0.25, 0.3) is 72.5 Å². The Hall–Kier alpha value is -5.74. The highest BCUT2D eigenvalue weighted by Crippen LogP contribution is 2.38. The molecule has 0 amide bonds. The number of benzene rings is 6. The van der Waals surface area contributed by atoms with E-state index in [0.29, 0.717) is 5.82 Å². The molecule has 198 valence electrons. The van der Waals surface area contributed by atoms with Gasteiger partial charge in [0.15, 0.2) is 11.6 Å². The van der Waals surface area contributed by atoms with Crippen molar-refractivity contribution in [2.24, 2.45) is 0 Å². The molecule has 0 aliphatic heterocycles. The lowest BCUT2D eigenvalue weighted by molar-refractivity contribution is 1.10. The second-order valence-electron chi connectivity index (χ2n) is 10.4. The molecule has 0 aliphatic carbocycles. The van der Waals surface area contributed by atoms with Crippen molar-refractivity contribution < 1.29 is 0 Å². The van der Waals surface area contributed by atoms with Crippen molar-refractivity contribution in [1.82, 2.24) is 19.7 Å². The Morgan fingerprint density at radius 2 is 1.00 bits per heavy atom. The summed E-state index contributed by atoms with van der Waals surface area (Å²) >= 11 is 0. The largest absolute Gasteiger partial charge is 0.309 e. The third-order valence-corrected chi connectivity index (χ3v) is 7.91. The van der Waals surface area contributed by atoms with E-state index in [1.165, 1.54) is 32.9 Å². The van der Waals surface area contributed by atoms with Crippen molar-refractivity contribution in [3.63, 3.8) is 0 Å². The minimum atomic E-state index is 0.693. The van der Waals surface area contributed by atoms with Gasteiger partial charge in [-0.2, -0.15) is 5.10 Å². The van der Waals surface area contributed by atoms with Gasteiger partial charge in [-0.25, -0.2) is 4.98 Å². The first kappa shape index (κ1) is 24.1. The molecule has 8 aromatic rings. The molecule has 0 unspecified atom stereocenters. The van der Waals surface area contributed by atoms with Crippen LogP contribution in [0.5, 0.6) is 0 Å². The minimum absolute atomic E-state index is 0.693. The number of fused-ring (bicyclic) bond motifs is 3. The number of hydrogen-bond donors (Lipinski definition) is 1. The molecule has 2 heterocycles. The van der Waals surface area contributed by atoms with Crippen LogP contribution in [0.3, 0.4) is 0 Å². The molecular formula is C38H26N4. The van der Waals surface area contributed by atoms with Gasteiger partial charge in [-0.1, -0.05) is 127 Å². The van der Waals surface area contributed by atoms with Gasteiger partial charge in [0.2, 0.25) is 0 Å². The highest BCUT2D eigenvalue weighted by Gasteiger charge is 2.17. The Labute approximate surface area is 243 Å². The molecule has 6 aromatic carbocycles. The van der Waals surface area contributed by atoms with Crippen LogP contribution in [0.15, 0.2) is 152 Å². The van der Waals surface area contributed by atoms with Crippen molar-refractivity contribution in [2.45, 2.75) is 0 Å². The van der Waals surface area contributed by atoms with Crippen LogP contribution in [0.4, 0.5) is 0 Å². The van der Waals surface area contributed by atoms with E-state index in [1.54, 1.807) is 0 Å². The summed E-state index contributed by atoms with van der Waals surface area (Å²) in [7, 11) is 0. The fraction of sp³-hybridized carbons (Fsp3) is 0. The Morgan fingerprint density at radius 3 is 1.67 bits per heavy atom. The second-order valence-corrected chi connectivity index (χ2v) is 10.4. The Balaban J connectivity index is 1.29. The molecular weight excluding hydrogens is 512 g/mol. The van der Waals surface area contributed by atoms with Crippen LogP contribution < -0.4 is 0 Å². The van der Waals surface area contributed by atoms with E-state index in [9.17, 15) is 0 Å². The second kappa shape index (κ2) is 10.0. The van der Waals surface area contributed by atoms with Gasteiger partial charge >= 0.3 is 0 Å². The summed E-state index contributed by atoms with van der Waals surface area (Å²) in [5.74, 6) is 1.44. The minimum Gasteiger partial charge on any atom is -0.309 e. The van der Waals surface area contributed by atoms with E-state index in [2.05, 4.69) is 136 Å². The number of H-pyrrole nitrogens is 1. The van der Waals surface area contributed by atoms with Crippen LogP contribution in [0, 0.1) is 0 Å². The molecule has 0 saturated carbocycles. The average Bonchev–Trinajstić information content (AvgIpc) is 3.69. The lowest BCUT2D eigenvalue weighted by atomic mass is 9.96. The van der Waals surface area contributed by atoms with E-state index >= 15 is 0 Å². The van der Waals surface area contributed by atoms with Crippen molar-refractivity contribution in [1.29, 1.82) is 0 Å². The van der Waals surface area contributed by atoms with Crippen molar-refractivity contribution in [3.8, 4) is 50.7 Å². The first-order valence-corrected chi connectivity index (χ1v) is 14.1. The van der Waals surface area contributed by atoms with E-state index in [-0.39, 0.29) is 0 Å². The quantitative estimate of drug-likeness (QED) is 0.237. The van der Waals surface area contributed by atoms with Crippen molar-refractivity contribution in [3.05, 3.63) is 152 Å². The summed E-state index contributed by atoms with van der Waals surface area (Å²) in [5.41, 5.74) is 10.2. The van der Waals surface area contributed by atoms with Crippen LogP contribution in [0.1, 0.15) is 0 Å². The molecule has 0 atom stereocenters. The van der Waals surface area contributed by atoms with Gasteiger partial charge < -0.3 is 4.57 Å². The van der Waals surface area contributed by atoms with E-state index in [4.69, 9.17) is 4.98 Å². The molecule has 0 saturated heterocycles. The topological polar surface area (TPSA) is 46.5 Å². The Morgan fingerprint density at radius 1 is 0.452 bits per heavy atom.